The molecule has 5 nitrogen and oxygen atoms in total. The fourth-order valence-electron chi connectivity index (χ4n) is 3.36. The standard InChI is InChI=1S/C20H20FN3O2/c1-2-26-15-6-4-14(5-7-15)22-20(25)24-10-9-19-17(12-24)16-11-13(21)3-8-18(16)23-19/h3-8,11,23H,2,9-10,12H2,1H3,(H,22,25). The molecular formula is C20H20FN3O2. The van der Waals surface area contributed by atoms with E-state index in [1.165, 1.54) is 12.1 Å². The van der Waals surface area contributed by atoms with E-state index < -0.39 is 0 Å². The Kier molecular flexibility index (Phi) is 4.24. The van der Waals surface area contributed by atoms with Gasteiger partial charge in [0, 0.05) is 47.4 Å². The maximum atomic E-state index is 13.6. The number of benzene rings is 2. The highest BCUT2D eigenvalue weighted by atomic mass is 19.1. The predicted molar refractivity (Wildman–Crippen MR) is 99.0 cm³/mol. The van der Waals surface area contributed by atoms with Crippen LogP contribution in [0.2, 0.25) is 0 Å². The van der Waals surface area contributed by atoms with Gasteiger partial charge in [0.05, 0.1) is 6.61 Å². The van der Waals surface area contributed by atoms with E-state index in [1.54, 1.807) is 11.0 Å². The maximum Gasteiger partial charge on any atom is 0.322 e. The topological polar surface area (TPSA) is 57.4 Å². The molecule has 2 N–H and O–H groups in total. The summed E-state index contributed by atoms with van der Waals surface area (Å²) in [6, 6.07) is 11.8. The zero-order valence-corrected chi connectivity index (χ0v) is 14.5. The monoisotopic (exact) mass is 353 g/mol. The number of anilines is 1. The Labute approximate surface area is 150 Å². The molecule has 0 saturated heterocycles. The minimum Gasteiger partial charge on any atom is -0.494 e. The van der Waals surface area contributed by atoms with Gasteiger partial charge in [0.1, 0.15) is 11.6 Å². The molecule has 6 heteroatoms. The SMILES string of the molecule is CCOc1ccc(NC(=O)N2CCc3[nH]c4ccc(F)cc4c3C2)cc1. The van der Waals surface area contributed by atoms with Gasteiger partial charge in [-0.3, -0.25) is 0 Å². The molecule has 4 rings (SSSR count). The lowest BCUT2D eigenvalue weighted by Crippen LogP contribution is -2.38. The van der Waals surface area contributed by atoms with Crippen molar-refractivity contribution in [1.82, 2.24) is 9.88 Å². The first-order valence-corrected chi connectivity index (χ1v) is 8.72. The number of nitrogens with zero attached hydrogens (tertiary/aromatic N) is 1. The zero-order chi connectivity index (χ0) is 18.1. The van der Waals surface area contributed by atoms with E-state index in [4.69, 9.17) is 4.74 Å². The number of urea groups is 1. The highest BCUT2D eigenvalue weighted by molar-refractivity contribution is 5.91. The maximum absolute atomic E-state index is 13.6. The molecule has 1 aliphatic rings. The van der Waals surface area contributed by atoms with Gasteiger partial charge in [-0.1, -0.05) is 0 Å². The van der Waals surface area contributed by atoms with Gasteiger partial charge in [-0.15, -0.1) is 0 Å². The Bertz CT molecular complexity index is 950. The molecule has 0 aliphatic carbocycles. The molecule has 2 amide bonds. The molecular weight excluding hydrogens is 333 g/mol. The summed E-state index contributed by atoms with van der Waals surface area (Å²) < 4.78 is 19.0. The molecule has 0 unspecified atom stereocenters. The van der Waals surface area contributed by atoms with Crippen LogP contribution in [0.4, 0.5) is 14.9 Å². The second kappa shape index (κ2) is 6.71. The molecule has 2 aromatic carbocycles. The third-order valence-electron chi connectivity index (χ3n) is 4.64. The number of H-pyrrole nitrogens is 1. The largest absolute Gasteiger partial charge is 0.494 e. The summed E-state index contributed by atoms with van der Waals surface area (Å²) in [5, 5.41) is 3.76. The first-order chi connectivity index (χ1) is 12.6. The van der Waals surface area contributed by atoms with Gasteiger partial charge in [0.15, 0.2) is 0 Å². The van der Waals surface area contributed by atoms with Gasteiger partial charge < -0.3 is 19.9 Å². The van der Waals surface area contributed by atoms with Gasteiger partial charge in [0.2, 0.25) is 0 Å². The van der Waals surface area contributed by atoms with Crippen LogP contribution >= 0.6 is 0 Å². The fourth-order valence-corrected chi connectivity index (χ4v) is 3.36. The van der Waals surface area contributed by atoms with Gasteiger partial charge >= 0.3 is 6.03 Å². The normalized spacial score (nSPS) is 13.5. The van der Waals surface area contributed by atoms with Crippen molar-refractivity contribution in [3.63, 3.8) is 0 Å². The lowest BCUT2D eigenvalue weighted by atomic mass is 10.0. The number of amides is 2. The second-order valence-corrected chi connectivity index (χ2v) is 6.33. The van der Waals surface area contributed by atoms with Crippen LogP contribution in [0.3, 0.4) is 0 Å². The molecule has 0 fully saturated rings. The highest BCUT2D eigenvalue weighted by Crippen LogP contribution is 2.28. The lowest BCUT2D eigenvalue weighted by molar-refractivity contribution is 0.206. The number of rotatable bonds is 3. The molecule has 1 aliphatic heterocycles. The smallest absolute Gasteiger partial charge is 0.322 e. The van der Waals surface area contributed by atoms with Crippen molar-refractivity contribution in [1.29, 1.82) is 0 Å². The van der Waals surface area contributed by atoms with E-state index in [9.17, 15) is 9.18 Å². The lowest BCUT2D eigenvalue weighted by Gasteiger charge is -2.27. The Hall–Kier alpha value is -3.02. The summed E-state index contributed by atoms with van der Waals surface area (Å²) in [5.74, 6) is 0.504. The number of carbonyl (C=O) groups is 1. The molecule has 2 heterocycles. The van der Waals surface area contributed by atoms with Gasteiger partial charge in [-0.05, 0) is 49.4 Å². The van der Waals surface area contributed by atoms with Crippen LogP contribution in [0, 0.1) is 5.82 Å². The number of aromatic nitrogens is 1. The van der Waals surface area contributed by atoms with Crippen molar-refractivity contribution in [2.75, 3.05) is 18.5 Å². The van der Waals surface area contributed by atoms with Crippen molar-refractivity contribution in [3.8, 4) is 5.75 Å². The molecule has 134 valence electrons. The highest BCUT2D eigenvalue weighted by Gasteiger charge is 2.24. The van der Waals surface area contributed by atoms with Gasteiger partial charge in [-0.25, -0.2) is 9.18 Å². The van der Waals surface area contributed by atoms with Gasteiger partial charge in [-0.2, -0.15) is 0 Å². The predicted octanol–water partition coefficient (Wildman–Crippen LogP) is 4.30. The zero-order valence-electron chi connectivity index (χ0n) is 14.5. The van der Waals surface area contributed by atoms with E-state index >= 15 is 0 Å². The number of carbonyl (C=O) groups excluding carboxylic acids is 1. The quantitative estimate of drug-likeness (QED) is 0.738. The van der Waals surface area contributed by atoms with Crippen LogP contribution in [0.5, 0.6) is 5.75 Å². The van der Waals surface area contributed by atoms with Crippen molar-refractivity contribution in [2.45, 2.75) is 19.9 Å². The van der Waals surface area contributed by atoms with Crippen LogP contribution < -0.4 is 10.1 Å². The molecule has 0 bridgehead atoms. The van der Waals surface area contributed by atoms with E-state index in [-0.39, 0.29) is 11.8 Å². The van der Waals surface area contributed by atoms with Crippen molar-refractivity contribution < 1.29 is 13.9 Å². The first kappa shape index (κ1) is 16.4. The van der Waals surface area contributed by atoms with Gasteiger partial charge in [0.25, 0.3) is 0 Å². The molecule has 1 aromatic heterocycles. The molecule has 3 aromatic rings. The Balaban J connectivity index is 1.50. The summed E-state index contributed by atoms with van der Waals surface area (Å²) in [7, 11) is 0. The van der Waals surface area contributed by atoms with E-state index in [0.29, 0.717) is 25.4 Å². The number of aromatic amines is 1. The fraction of sp³-hybridized carbons (Fsp3) is 0.250. The first-order valence-electron chi connectivity index (χ1n) is 8.72. The van der Waals surface area contributed by atoms with E-state index in [2.05, 4.69) is 10.3 Å². The molecule has 26 heavy (non-hydrogen) atoms. The summed E-state index contributed by atoms with van der Waals surface area (Å²) in [6.45, 7) is 3.61. The summed E-state index contributed by atoms with van der Waals surface area (Å²) in [5.41, 5.74) is 3.70. The number of nitrogens with one attached hydrogen (secondary N) is 2. The average Bonchev–Trinajstić information content (AvgIpc) is 3.00. The minimum atomic E-state index is -0.268. The second-order valence-electron chi connectivity index (χ2n) is 6.33. The van der Waals surface area contributed by atoms with Crippen molar-refractivity contribution in [2.24, 2.45) is 0 Å². The number of hydrogen-bond donors (Lipinski definition) is 2. The Morgan fingerprint density at radius 1 is 1.27 bits per heavy atom. The molecule has 0 atom stereocenters. The third-order valence-corrected chi connectivity index (χ3v) is 4.64. The van der Waals surface area contributed by atoms with Crippen LogP contribution in [-0.2, 0) is 13.0 Å². The number of fused-ring (bicyclic) bond motifs is 3. The minimum absolute atomic E-state index is 0.162. The van der Waals surface area contributed by atoms with E-state index in [0.717, 1.165) is 34.3 Å². The van der Waals surface area contributed by atoms with Crippen LogP contribution in [0.25, 0.3) is 10.9 Å². The number of halogens is 1. The van der Waals surface area contributed by atoms with Crippen molar-refractivity contribution >= 4 is 22.6 Å². The summed E-state index contributed by atoms with van der Waals surface area (Å²) in [6.07, 6.45) is 0.725. The number of hydrogen-bond acceptors (Lipinski definition) is 2. The Morgan fingerprint density at radius 3 is 2.85 bits per heavy atom. The average molecular weight is 353 g/mol. The molecule has 0 spiro atoms. The summed E-state index contributed by atoms with van der Waals surface area (Å²) >= 11 is 0. The summed E-state index contributed by atoms with van der Waals surface area (Å²) in [4.78, 5) is 17.7. The number of ether oxygens (including phenoxy) is 1. The Morgan fingerprint density at radius 2 is 2.08 bits per heavy atom. The van der Waals surface area contributed by atoms with Crippen LogP contribution in [0.1, 0.15) is 18.2 Å². The van der Waals surface area contributed by atoms with Crippen LogP contribution in [-0.4, -0.2) is 29.1 Å². The molecule has 0 saturated carbocycles. The van der Waals surface area contributed by atoms with E-state index in [1.807, 2.05) is 31.2 Å². The van der Waals surface area contributed by atoms with Crippen LogP contribution in [0.15, 0.2) is 42.5 Å². The third kappa shape index (κ3) is 3.10. The van der Waals surface area contributed by atoms with Crippen molar-refractivity contribution in [3.05, 3.63) is 59.5 Å². The molecule has 0 radical (unpaired) electrons.